The molecule has 0 spiro atoms. The molecule has 0 atom stereocenters. The van der Waals surface area contributed by atoms with Gasteiger partial charge in [0.2, 0.25) is 5.91 Å². The minimum absolute atomic E-state index is 0.0460. The van der Waals surface area contributed by atoms with E-state index in [0.717, 1.165) is 9.87 Å². The van der Waals surface area contributed by atoms with Crippen LogP contribution in [0, 0.1) is 6.92 Å². The monoisotopic (exact) mass is 444 g/mol. The largest absolute Gasteiger partial charge is 0.497 e. The quantitative estimate of drug-likeness (QED) is 0.582. The van der Waals surface area contributed by atoms with Crippen molar-refractivity contribution in [2.75, 3.05) is 23.3 Å². The van der Waals surface area contributed by atoms with Gasteiger partial charge in [0.1, 0.15) is 12.3 Å². The minimum atomic E-state index is -3.99. The SMILES string of the molecule is COc1ccc(NC(=O)CN(c2ccc(C)cc2)S(=O)(=O)c2ccc(Cl)cc2)cc1. The van der Waals surface area contributed by atoms with E-state index >= 15 is 0 Å². The topological polar surface area (TPSA) is 75.7 Å². The molecule has 0 radical (unpaired) electrons. The third-order valence-electron chi connectivity index (χ3n) is 4.38. The van der Waals surface area contributed by atoms with Crippen LogP contribution < -0.4 is 14.4 Å². The lowest BCUT2D eigenvalue weighted by Crippen LogP contribution is -2.38. The number of anilines is 2. The van der Waals surface area contributed by atoms with Gasteiger partial charge in [-0.15, -0.1) is 0 Å². The van der Waals surface area contributed by atoms with Gasteiger partial charge in [0.15, 0.2) is 0 Å². The van der Waals surface area contributed by atoms with Crippen LogP contribution >= 0.6 is 11.6 Å². The molecule has 0 aliphatic carbocycles. The molecule has 0 aliphatic heterocycles. The molecule has 3 rings (SSSR count). The van der Waals surface area contributed by atoms with Crippen molar-refractivity contribution in [2.45, 2.75) is 11.8 Å². The van der Waals surface area contributed by atoms with Crippen molar-refractivity contribution in [3.8, 4) is 5.75 Å². The van der Waals surface area contributed by atoms with Gasteiger partial charge in [0.05, 0.1) is 17.7 Å². The second-order valence-corrected chi connectivity index (χ2v) is 8.88. The Labute approximate surface area is 181 Å². The Kier molecular flexibility index (Phi) is 6.64. The van der Waals surface area contributed by atoms with Gasteiger partial charge in [-0.1, -0.05) is 29.3 Å². The molecule has 0 saturated heterocycles. The zero-order valence-corrected chi connectivity index (χ0v) is 18.1. The second kappa shape index (κ2) is 9.19. The molecule has 8 heteroatoms. The molecule has 3 aromatic rings. The van der Waals surface area contributed by atoms with Crippen LogP contribution in [0.25, 0.3) is 0 Å². The van der Waals surface area contributed by atoms with Crippen molar-refractivity contribution >= 4 is 38.9 Å². The maximum absolute atomic E-state index is 13.3. The fraction of sp³-hybridized carbons (Fsp3) is 0.136. The zero-order valence-electron chi connectivity index (χ0n) is 16.5. The summed E-state index contributed by atoms with van der Waals surface area (Å²) in [5, 5.41) is 3.14. The highest BCUT2D eigenvalue weighted by Crippen LogP contribution is 2.25. The molecular weight excluding hydrogens is 424 g/mol. The number of aryl methyl sites for hydroxylation is 1. The standard InChI is InChI=1S/C22H21ClN2O4S/c1-16-3-9-19(10-4-16)25(30(27,28)21-13-5-17(23)6-14-21)15-22(26)24-18-7-11-20(29-2)12-8-18/h3-14H,15H2,1-2H3,(H,24,26). The molecule has 156 valence electrons. The molecule has 0 unspecified atom stereocenters. The van der Waals surface area contributed by atoms with Crippen LogP contribution in [0.15, 0.2) is 77.7 Å². The Hall–Kier alpha value is -3.03. The van der Waals surface area contributed by atoms with Crippen molar-refractivity contribution in [2.24, 2.45) is 0 Å². The number of rotatable bonds is 7. The Balaban J connectivity index is 1.90. The minimum Gasteiger partial charge on any atom is -0.497 e. The van der Waals surface area contributed by atoms with Crippen LogP contribution in [-0.2, 0) is 14.8 Å². The summed E-state index contributed by atoms with van der Waals surface area (Å²) in [6, 6.07) is 19.5. The van der Waals surface area contributed by atoms with E-state index in [-0.39, 0.29) is 11.4 Å². The number of nitrogens with zero attached hydrogens (tertiary/aromatic N) is 1. The number of amides is 1. The van der Waals surface area contributed by atoms with Crippen LogP contribution in [0.1, 0.15) is 5.56 Å². The van der Waals surface area contributed by atoms with Crippen LogP contribution in [0.4, 0.5) is 11.4 Å². The summed E-state index contributed by atoms with van der Waals surface area (Å²) in [6.45, 7) is 1.51. The van der Waals surface area contributed by atoms with E-state index in [9.17, 15) is 13.2 Å². The van der Waals surface area contributed by atoms with E-state index in [2.05, 4.69) is 5.32 Å². The molecule has 0 aromatic heterocycles. The van der Waals surface area contributed by atoms with Gasteiger partial charge in [-0.2, -0.15) is 0 Å². The van der Waals surface area contributed by atoms with Gasteiger partial charge in [-0.05, 0) is 67.6 Å². The molecule has 0 saturated carbocycles. The van der Waals surface area contributed by atoms with E-state index in [0.29, 0.717) is 22.1 Å². The zero-order chi connectivity index (χ0) is 21.7. The predicted octanol–water partition coefficient (Wildman–Crippen LogP) is 4.49. The van der Waals surface area contributed by atoms with Gasteiger partial charge in [0, 0.05) is 10.7 Å². The highest BCUT2D eigenvalue weighted by atomic mass is 35.5. The number of hydrogen-bond acceptors (Lipinski definition) is 4. The molecule has 30 heavy (non-hydrogen) atoms. The normalized spacial score (nSPS) is 11.0. The summed E-state index contributed by atoms with van der Waals surface area (Å²) in [4.78, 5) is 12.7. The predicted molar refractivity (Wildman–Crippen MR) is 119 cm³/mol. The maximum Gasteiger partial charge on any atom is 0.264 e. The molecule has 3 aromatic carbocycles. The number of benzene rings is 3. The Morgan fingerprint density at radius 3 is 2.13 bits per heavy atom. The fourth-order valence-electron chi connectivity index (χ4n) is 2.77. The van der Waals surface area contributed by atoms with E-state index in [1.54, 1.807) is 55.6 Å². The number of ether oxygens (including phenoxy) is 1. The van der Waals surface area contributed by atoms with Gasteiger partial charge in [-0.25, -0.2) is 8.42 Å². The maximum atomic E-state index is 13.3. The average molecular weight is 445 g/mol. The van der Waals surface area contributed by atoms with Gasteiger partial charge in [-0.3, -0.25) is 9.10 Å². The first-order valence-electron chi connectivity index (χ1n) is 9.08. The number of methoxy groups -OCH3 is 1. The van der Waals surface area contributed by atoms with Crippen molar-refractivity contribution < 1.29 is 17.9 Å². The highest BCUT2D eigenvalue weighted by Gasteiger charge is 2.27. The summed E-state index contributed by atoms with van der Waals surface area (Å²) in [5.41, 5.74) is 1.90. The van der Waals surface area contributed by atoms with Crippen LogP contribution in [0.5, 0.6) is 5.75 Å². The fourth-order valence-corrected chi connectivity index (χ4v) is 4.31. The lowest BCUT2D eigenvalue weighted by Gasteiger charge is -2.24. The number of carbonyl (C=O) groups is 1. The van der Waals surface area contributed by atoms with Crippen LogP contribution in [0.2, 0.25) is 5.02 Å². The molecule has 0 heterocycles. The number of nitrogens with one attached hydrogen (secondary N) is 1. The summed E-state index contributed by atoms with van der Waals surface area (Å²) >= 11 is 5.89. The highest BCUT2D eigenvalue weighted by molar-refractivity contribution is 7.92. The second-order valence-electron chi connectivity index (χ2n) is 6.58. The van der Waals surface area contributed by atoms with E-state index < -0.39 is 15.9 Å². The first-order chi connectivity index (χ1) is 14.3. The van der Waals surface area contributed by atoms with E-state index in [1.165, 1.54) is 24.3 Å². The van der Waals surface area contributed by atoms with Crippen LogP contribution in [-0.4, -0.2) is 28.0 Å². The number of halogens is 1. The van der Waals surface area contributed by atoms with Gasteiger partial charge >= 0.3 is 0 Å². The number of hydrogen-bond donors (Lipinski definition) is 1. The lowest BCUT2D eigenvalue weighted by atomic mass is 10.2. The van der Waals surface area contributed by atoms with Gasteiger partial charge < -0.3 is 10.1 Å². The molecule has 6 nitrogen and oxygen atoms in total. The summed E-state index contributed by atoms with van der Waals surface area (Å²) in [5.74, 6) is 0.179. The Bertz CT molecular complexity index is 1110. The first kappa shape index (κ1) is 21.7. The third kappa shape index (κ3) is 5.11. The van der Waals surface area contributed by atoms with Crippen molar-refractivity contribution in [1.29, 1.82) is 0 Å². The van der Waals surface area contributed by atoms with Crippen molar-refractivity contribution in [3.63, 3.8) is 0 Å². The number of sulfonamides is 1. The van der Waals surface area contributed by atoms with Crippen LogP contribution in [0.3, 0.4) is 0 Å². The van der Waals surface area contributed by atoms with Gasteiger partial charge in [0.25, 0.3) is 10.0 Å². The van der Waals surface area contributed by atoms with E-state index in [4.69, 9.17) is 16.3 Å². The molecule has 0 aliphatic rings. The summed E-state index contributed by atoms with van der Waals surface area (Å²) < 4.78 is 32.8. The molecule has 1 N–H and O–H groups in total. The van der Waals surface area contributed by atoms with Crippen molar-refractivity contribution in [3.05, 3.63) is 83.4 Å². The molecule has 0 fully saturated rings. The third-order valence-corrected chi connectivity index (χ3v) is 6.42. The van der Waals surface area contributed by atoms with Crippen molar-refractivity contribution in [1.82, 2.24) is 0 Å². The summed E-state index contributed by atoms with van der Waals surface area (Å²) in [6.07, 6.45) is 0. The summed E-state index contributed by atoms with van der Waals surface area (Å²) in [7, 11) is -2.44. The lowest BCUT2D eigenvalue weighted by molar-refractivity contribution is -0.114. The number of carbonyl (C=O) groups excluding carboxylic acids is 1. The molecule has 1 amide bonds. The average Bonchev–Trinajstić information content (AvgIpc) is 2.73. The molecule has 0 bridgehead atoms. The smallest absolute Gasteiger partial charge is 0.264 e. The Morgan fingerprint density at radius 1 is 0.967 bits per heavy atom. The Morgan fingerprint density at radius 2 is 1.57 bits per heavy atom. The van der Waals surface area contributed by atoms with E-state index in [1.807, 2.05) is 6.92 Å². The molecular formula is C22H21ClN2O4S. The first-order valence-corrected chi connectivity index (χ1v) is 10.9.